The molecule has 3 aliphatic rings. The quantitative estimate of drug-likeness (QED) is 0.658. The van der Waals surface area contributed by atoms with E-state index in [2.05, 4.69) is 23.6 Å². The third-order valence-corrected chi connectivity index (χ3v) is 6.11. The van der Waals surface area contributed by atoms with Crippen molar-refractivity contribution in [3.63, 3.8) is 0 Å². The van der Waals surface area contributed by atoms with Gasteiger partial charge in [-0.3, -0.25) is 0 Å². The second kappa shape index (κ2) is 6.16. The molecule has 3 unspecified atom stereocenters. The summed E-state index contributed by atoms with van der Waals surface area (Å²) in [6, 6.07) is 6.95. The molecule has 6 heteroatoms. The number of halogens is 1. The van der Waals surface area contributed by atoms with Gasteiger partial charge in [-0.2, -0.15) is 0 Å². The number of ether oxygens (including phenoxy) is 1. The van der Waals surface area contributed by atoms with Gasteiger partial charge in [0.2, 0.25) is 0 Å². The molecule has 0 spiro atoms. The van der Waals surface area contributed by atoms with Gasteiger partial charge in [0.05, 0.1) is 12.1 Å². The molecule has 2 heterocycles. The van der Waals surface area contributed by atoms with Gasteiger partial charge in [-0.15, -0.1) is 0 Å². The van der Waals surface area contributed by atoms with Crippen LogP contribution in [-0.4, -0.2) is 55.8 Å². The molecule has 0 bridgehead atoms. The number of nitrogens with two attached hydrogens (primary N) is 1. The Morgan fingerprint density at radius 3 is 2.56 bits per heavy atom. The van der Waals surface area contributed by atoms with Crippen molar-refractivity contribution in [1.82, 2.24) is 4.90 Å². The third-order valence-electron chi connectivity index (χ3n) is 6.11. The van der Waals surface area contributed by atoms with Crippen LogP contribution in [0.3, 0.4) is 0 Å². The highest BCUT2D eigenvalue weighted by atomic mass is 19.1. The molecule has 2 saturated heterocycles. The SMILES string of the molecule is CC1(C)C(N=C(N)N2CCN(c3ccc(F)cc3)CC2)C2CCOC21. The lowest BCUT2D eigenvalue weighted by Crippen LogP contribution is -2.60. The number of benzene rings is 1. The van der Waals surface area contributed by atoms with E-state index in [-0.39, 0.29) is 17.3 Å². The lowest BCUT2D eigenvalue weighted by molar-refractivity contribution is -0.0988. The van der Waals surface area contributed by atoms with Crippen molar-refractivity contribution in [3.05, 3.63) is 30.1 Å². The van der Waals surface area contributed by atoms with Crippen LogP contribution in [0.15, 0.2) is 29.3 Å². The van der Waals surface area contributed by atoms with E-state index < -0.39 is 0 Å². The largest absolute Gasteiger partial charge is 0.377 e. The molecule has 0 aromatic heterocycles. The number of hydrogen-bond acceptors (Lipinski definition) is 3. The standard InChI is InChI=1S/C19H27FN4O/c1-19(2)16(15-7-12-25-17(15)19)22-18(21)24-10-8-23(9-11-24)14-5-3-13(20)4-6-14/h3-6,15-17H,7-12H2,1-2H3,(H2,21,22). The molecule has 136 valence electrons. The van der Waals surface area contributed by atoms with E-state index >= 15 is 0 Å². The first kappa shape index (κ1) is 16.6. The number of anilines is 1. The van der Waals surface area contributed by atoms with Crippen molar-refractivity contribution >= 4 is 11.6 Å². The van der Waals surface area contributed by atoms with Crippen molar-refractivity contribution in [2.24, 2.45) is 22.1 Å². The van der Waals surface area contributed by atoms with Crippen LogP contribution in [0.1, 0.15) is 20.3 Å². The zero-order valence-electron chi connectivity index (χ0n) is 15.0. The summed E-state index contributed by atoms with van der Waals surface area (Å²) < 4.78 is 18.9. The summed E-state index contributed by atoms with van der Waals surface area (Å²) in [5, 5.41) is 0. The molecule has 1 saturated carbocycles. The molecule has 2 aliphatic heterocycles. The molecule has 0 radical (unpaired) electrons. The highest BCUT2D eigenvalue weighted by Gasteiger charge is 2.59. The van der Waals surface area contributed by atoms with Crippen LogP contribution in [0, 0.1) is 17.2 Å². The zero-order valence-corrected chi connectivity index (χ0v) is 15.0. The maximum absolute atomic E-state index is 13.1. The van der Waals surface area contributed by atoms with E-state index in [9.17, 15) is 4.39 Å². The van der Waals surface area contributed by atoms with Crippen molar-refractivity contribution in [1.29, 1.82) is 0 Å². The molecule has 4 rings (SSSR count). The number of hydrogen-bond donors (Lipinski definition) is 1. The van der Waals surface area contributed by atoms with Crippen LogP contribution in [-0.2, 0) is 4.74 Å². The van der Waals surface area contributed by atoms with E-state index in [1.165, 1.54) is 12.1 Å². The first-order valence-electron chi connectivity index (χ1n) is 9.17. The molecule has 3 fully saturated rings. The predicted octanol–water partition coefficient (Wildman–Crippen LogP) is 2.08. The summed E-state index contributed by atoms with van der Waals surface area (Å²) in [7, 11) is 0. The van der Waals surface area contributed by atoms with Crippen LogP contribution in [0.4, 0.5) is 10.1 Å². The molecule has 2 N–H and O–H groups in total. The minimum Gasteiger partial charge on any atom is -0.377 e. The molecule has 1 aromatic carbocycles. The number of rotatable bonds is 2. The Labute approximate surface area is 148 Å². The average molecular weight is 346 g/mol. The summed E-state index contributed by atoms with van der Waals surface area (Å²) in [5.74, 6) is 0.979. The number of fused-ring (bicyclic) bond motifs is 1. The normalized spacial score (nSPS) is 31.6. The van der Waals surface area contributed by atoms with E-state index in [1.54, 1.807) is 0 Å². The molecular formula is C19H27FN4O. The van der Waals surface area contributed by atoms with Crippen molar-refractivity contribution in [2.45, 2.75) is 32.4 Å². The van der Waals surface area contributed by atoms with Gasteiger partial charge in [0, 0.05) is 49.8 Å². The summed E-state index contributed by atoms with van der Waals surface area (Å²) >= 11 is 0. The highest BCUT2D eigenvalue weighted by Crippen LogP contribution is 2.53. The Kier molecular flexibility index (Phi) is 4.10. The van der Waals surface area contributed by atoms with Gasteiger partial charge in [-0.05, 0) is 30.7 Å². The van der Waals surface area contributed by atoms with Gasteiger partial charge >= 0.3 is 0 Å². The Morgan fingerprint density at radius 2 is 1.88 bits per heavy atom. The summed E-state index contributed by atoms with van der Waals surface area (Å²) in [6.07, 6.45) is 1.43. The van der Waals surface area contributed by atoms with Crippen molar-refractivity contribution in [2.75, 3.05) is 37.7 Å². The minimum atomic E-state index is -0.198. The first-order chi connectivity index (χ1) is 12.0. The first-order valence-corrected chi connectivity index (χ1v) is 9.17. The number of piperazine rings is 1. The molecule has 3 atom stereocenters. The minimum absolute atomic E-state index is 0.0712. The van der Waals surface area contributed by atoms with Gasteiger partial charge in [-0.1, -0.05) is 13.8 Å². The van der Waals surface area contributed by atoms with Gasteiger partial charge in [0.1, 0.15) is 5.82 Å². The van der Waals surface area contributed by atoms with Gasteiger partial charge in [0.25, 0.3) is 0 Å². The predicted molar refractivity (Wildman–Crippen MR) is 97.2 cm³/mol. The Bertz CT molecular complexity index is 652. The fraction of sp³-hybridized carbons (Fsp3) is 0.632. The maximum atomic E-state index is 13.1. The Hall–Kier alpha value is -1.82. The number of guanidine groups is 1. The zero-order chi connectivity index (χ0) is 17.6. The van der Waals surface area contributed by atoms with Crippen LogP contribution >= 0.6 is 0 Å². The topological polar surface area (TPSA) is 54.1 Å². The second-order valence-electron chi connectivity index (χ2n) is 7.95. The summed E-state index contributed by atoms with van der Waals surface area (Å²) in [6.45, 7) is 8.72. The van der Waals surface area contributed by atoms with Crippen LogP contribution in [0.25, 0.3) is 0 Å². The maximum Gasteiger partial charge on any atom is 0.191 e. The van der Waals surface area contributed by atoms with E-state index in [4.69, 9.17) is 15.5 Å². The van der Waals surface area contributed by atoms with Gasteiger partial charge < -0.3 is 20.3 Å². The second-order valence-corrected chi connectivity index (χ2v) is 7.95. The lowest BCUT2D eigenvalue weighted by Gasteiger charge is -2.52. The Morgan fingerprint density at radius 1 is 1.20 bits per heavy atom. The summed E-state index contributed by atoms with van der Waals surface area (Å²) in [5.41, 5.74) is 7.46. The van der Waals surface area contributed by atoms with E-state index in [1.807, 2.05) is 12.1 Å². The monoisotopic (exact) mass is 346 g/mol. The molecule has 0 amide bonds. The van der Waals surface area contributed by atoms with Crippen LogP contribution in [0.5, 0.6) is 0 Å². The molecule has 1 aliphatic carbocycles. The van der Waals surface area contributed by atoms with Crippen molar-refractivity contribution in [3.8, 4) is 0 Å². The molecular weight excluding hydrogens is 319 g/mol. The molecule has 25 heavy (non-hydrogen) atoms. The molecule has 1 aromatic rings. The fourth-order valence-electron chi connectivity index (χ4n) is 4.63. The van der Waals surface area contributed by atoms with Gasteiger partial charge in [0.15, 0.2) is 5.96 Å². The lowest BCUT2D eigenvalue weighted by atomic mass is 9.57. The van der Waals surface area contributed by atoms with Crippen molar-refractivity contribution < 1.29 is 9.13 Å². The molecule has 5 nitrogen and oxygen atoms in total. The fourth-order valence-corrected chi connectivity index (χ4v) is 4.63. The Balaban J connectivity index is 1.38. The van der Waals surface area contributed by atoms with Crippen LogP contribution in [0.2, 0.25) is 0 Å². The third kappa shape index (κ3) is 2.86. The number of nitrogens with zero attached hydrogens (tertiary/aromatic N) is 3. The summed E-state index contributed by atoms with van der Waals surface area (Å²) in [4.78, 5) is 9.31. The highest BCUT2D eigenvalue weighted by molar-refractivity contribution is 5.79. The number of aliphatic imine (C=N–C) groups is 1. The smallest absolute Gasteiger partial charge is 0.191 e. The van der Waals surface area contributed by atoms with E-state index in [0.717, 1.165) is 44.9 Å². The average Bonchev–Trinajstić information content (AvgIpc) is 3.07. The van der Waals surface area contributed by atoms with Crippen LogP contribution < -0.4 is 10.6 Å². The van der Waals surface area contributed by atoms with E-state index in [0.29, 0.717) is 18.0 Å². The van der Waals surface area contributed by atoms with Gasteiger partial charge in [-0.25, -0.2) is 9.38 Å².